The molecule has 5 nitrogen and oxygen atoms in total. The lowest BCUT2D eigenvalue weighted by Gasteiger charge is -2.32. The molecule has 90 valence electrons. The lowest BCUT2D eigenvalue weighted by atomic mass is 10.1. The highest BCUT2D eigenvalue weighted by atomic mass is 15.3. The Morgan fingerprint density at radius 1 is 1.50 bits per heavy atom. The molecule has 1 atom stereocenters. The van der Waals surface area contributed by atoms with Gasteiger partial charge in [0.25, 0.3) is 0 Å². The largest absolute Gasteiger partial charge is 0.311 e. The maximum absolute atomic E-state index is 4.32. The number of nitrogens with one attached hydrogen (secondary N) is 1. The van der Waals surface area contributed by atoms with E-state index in [2.05, 4.69) is 34.1 Å². The standard InChI is InChI=1S/C11H21N5/c1-3-10-7-15(6-5-12-10)8-11-13-9-14-16(11)4-2/h9-10,12H,3-8H2,1-2H3. The molecule has 0 amide bonds. The van der Waals surface area contributed by atoms with Crippen LogP contribution in [0.4, 0.5) is 0 Å². The minimum absolute atomic E-state index is 0.631. The average molecular weight is 223 g/mol. The molecule has 1 aliphatic rings. The van der Waals surface area contributed by atoms with Crippen LogP contribution in [-0.4, -0.2) is 45.3 Å². The molecule has 0 aliphatic carbocycles. The highest BCUT2D eigenvalue weighted by Crippen LogP contribution is 2.06. The van der Waals surface area contributed by atoms with E-state index >= 15 is 0 Å². The van der Waals surface area contributed by atoms with Gasteiger partial charge in [0.05, 0.1) is 6.54 Å². The van der Waals surface area contributed by atoms with Gasteiger partial charge in [-0.2, -0.15) is 5.10 Å². The van der Waals surface area contributed by atoms with Gasteiger partial charge in [0.2, 0.25) is 0 Å². The van der Waals surface area contributed by atoms with Crippen molar-refractivity contribution in [3.8, 4) is 0 Å². The Labute approximate surface area is 96.8 Å². The van der Waals surface area contributed by atoms with E-state index in [-0.39, 0.29) is 0 Å². The number of piperazine rings is 1. The van der Waals surface area contributed by atoms with Crippen LogP contribution < -0.4 is 5.32 Å². The molecule has 2 rings (SSSR count). The van der Waals surface area contributed by atoms with Crippen molar-refractivity contribution in [1.82, 2.24) is 25.0 Å². The normalized spacial score (nSPS) is 22.5. The van der Waals surface area contributed by atoms with Crippen molar-refractivity contribution in [3.05, 3.63) is 12.2 Å². The second-order valence-corrected chi connectivity index (χ2v) is 4.29. The van der Waals surface area contributed by atoms with Crippen LogP contribution >= 0.6 is 0 Å². The highest BCUT2D eigenvalue weighted by molar-refractivity contribution is 4.87. The van der Waals surface area contributed by atoms with Gasteiger partial charge in [-0.25, -0.2) is 9.67 Å². The molecule has 0 bridgehead atoms. The first-order valence-electron chi connectivity index (χ1n) is 6.16. The summed E-state index contributed by atoms with van der Waals surface area (Å²) in [4.78, 5) is 6.78. The molecule has 1 aliphatic heterocycles. The lowest BCUT2D eigenvalue weighted by Crippen LogP contribution is -2.50. The molecular weight excluding hydrogens is 202 g/mol. The molecule has 1 N–H and O–H groups in total. The molecule has 0 spiro atoms. The maximum atomic E-state index is 4.32. The molecule has 1 saturated heterocycles. The van der Waals surface area contributed by atoms with Gasteiger partial charge in [-0.1, -0.05) is 6.92 Å². The van der Waals surface area contributed by atoms with E-state index in [0.717, 1.165) is 38.5 Å². The fourth-order valence-electron chi connectivity index (χ4n) is 2.19. The van der Waals surface area contributed by atoms with Gasteiger partial charge in [0.1, 0.15) is 12.2 Å². The zero-order valence-corrected chi connectivity index (χ0v) is 10.2. The predicted molar refractivity (Wildman–Crippen MR) is 63.1 cm³/mol. The van der Waals surface area contributed by atoms with Crippen LogP contribution in [0, 0.1) is 0 Å². The third-order valence-electron chi connectivity index (χ3n) is 3.19. The summed E-state index contributed by atoms with van der Waals surface area (Å²) in [6.45, 7) is 9.46. The van der Waals surface area contributed by atoms with Crippen molar-refractivity contribution in [3.63, 3.8) is 0 Å². The van der Waals surface area contributed by atoms with Crippen LogP contribution in [0.1, 0.15) is 26.1 Å². The molecular formula is C11H21N5. The van der Waals surface area contributed by atoms with E-state index < -0.39 is 0 Å². The second-order valence-electron chi connectivity index (χ2n) is 4.29. The van der Waals surface area contributed by atoms with E-state index in [1.807, 2.05) is 4.68 Å². The number of rotatable bonds is 4. The number of hydrogen-bond donors (Lipinski definition) is 1. The Bertz CT molecular complexity index is 322. The summed E-state index contributed by atoms with van der Waals surface area (Å²) in [6, 6.07) is 0.631. The first-order valence-corrected chi connectivity index (χ1v) is 6.16. The summed E-state index contributed by atoms with van der Waals surface area (Å²) in [5.74, 6) is 1.08. The third-order valence-corrected chi connectivity index (χ3v) is 3.19. The molecule has 1 aromatic heterocycles. The van der Waals surface area contributed by atoms with Crippen LogP contribution in [0.25, 0.3) is 0 Å². The van der Waals surface area contributed by atoms with Crippen LogP contribution in [0.5, 0.6) is 0 Å². The van der Waals surface area contributed by atoms with Crippen LogP contribution in [0.3, 0.4) is 0 Å². The molecule has 5 heteroatoms. The zero-order valence-electron chi connectivity index (χ0n) is 10.2. The Balaban J connectivity index is 1.93. The summed E-state index contributed by atoms with van der Waals surface area (Å²) >= 11 is 0. The first-order chi connectivity index (χ1) is 7.83. The van der Waals surface area contributed by atoms with Crippen LogP contribution in [-0.2, 0) is 13.1 Å². The molecule has 0 saturated carbocycles. The molecule has 0 radical (unpaired) electrons. The summed E-state index contributed by atoms with van der Waals surface area (Å²) in [5, 5.41) is 7.73. The SMILES string of the molecule is CCC1CN(Cc2ncnn2CC)CCN1. The zero-order chi connectivity index (χ0) is 11.4. The summed E-state index contributed by atoms with van der Waals surface area (Å²) in [5.41, 5.74) is 0. The molecule has 0 aromatic carbocycles. The fraction of sp³-hybridized carbons (Fsp3) is 0.818. The second kappa shape index (κ2) is 5.41. The van der Waals surface area contributed by atoms with Crippen molar-refractivity contribution in [1.29, 1.82) is 0 Å². The van der Waals surface area contributed by atoms with E-state index in [4.69, 9.17) is 0 Å². The maximum Gasteiger partial charge on any atom is 0.140 e. The van der Waals surface area contributed by atoms with Gasteiger partial charge in [0.15, 0.2) is 0 Å². The van der Waals surface area contributed by atoms with Gasteiger partial charge >= 0.3 is 0 Å². The number of hydrogen-bond acceptors (Lipinski definition) is 4. The van der Waals surface area contributed by atoms with Crippen LogP contribution in [0.15, 0.2) is 6.33 Å². The molecule has 1 fully saturated rings. The first kappa shape index (κ1) is 11.5. The van der Waals surface area contributed by atoms with E-state index in [0.29, 0.717) is 6.04 Å². The molecule has 1 aromatic rings. The monoisotopic (exact) mass is 223 g/mol. The molecule has 1 unspecified atom stereocenters. The smallest absolute Gasteiger partial charge is 0.140 e. The Kier molecular flexibility index (Phi) is 3.90. The summed E-state index contributed by atoms with van der Waals surface area (Å²) in [6.07, 6.45) is 2.84. The highest BCUT2D eigenvalue weighted by Gasteiger charge is 2.19. The van der Waals surface area contributed by atoms with Crippen molar-refractivity contribution in [2.75, 3.05) is 19.6 Å². The summed E-state index contributed by atoms with van der Waals surface area (Å²) < 4.78 is 1.98. The topological polar surface area (TPSA) is 46.0 Å². The minimum Gasteiger partial charge on any atom is -0.311 e. The van der Waals surface area contributed by atoms with Gasteiger partial charge in [-0.05, 0) is 13.3 Å². The Hall–Kier alpha value is -0.940. The van der Waals surface area contributed by atoms with Crippen molar-refractivity contribution in [2.24, 2.45) is 0 Å². The third kappa shape index (κ3) is 2.59. The van der Waals surface area contributed by atoms with Gasteiger partial charge < -0.3 is 5.32 Å². The number of aryl methyl sites for hydroxylation is 1. The Morgan fingerprint density at radius 2 is 2.38 bits per heavy atom. The Morgan fingerprint density at radius 3 is 3.12 bits per heavy atom. The summed E-state index contributed by atoms with van der Waals surface area (Å²) in [7, 11) is 0. The number of nitrogens with zero attached hydrogens (tertiary/aromatic N) is 4. The van der Waals surface area contributed by atoms with Gasteiger partial charge in [-0.15, -0.1) is 0 Å². The van der Waals surface area contributed by atoms with Gasteiger partial charge in [0, 0.05) is 32.2 Å². The van der Waals surface area contributed by atoms with Crippen LogP contribution in [0.2, 0.25) is 0 Å². The van der Waals surface area contributed by atoms with E-state index in [9.17, 15) is 0 Å². The van der Waals surface area contributed by atoms with E-state index in [1.54, 1.807) is 6.33 Å². The number of aromatic nitrogens is 3. The molecule has 2 heterocycles. The lowest BCUT2D eigenvalue weighted by molar-refractivity contribution is 0.183. The van der Waals surface area contributed by atoms with Crippen molar-refractivity contribution in [2.45, 2.75) is 39.4 Å². The van der Waals surface area contributed by atoms with E-state index in [1.165, 1.54) is 6.42 Å². The van der Waals surface area contributed by atoms with Crippen molar-refractivity contribution >= 4 is 0 Å². The van der Waals surface area contributed by atoms with Gasteiger partial charge in [-0.3, -0.25) is 4.90 Å². The van der Waals surface area contributed by atoms with Crippen molar-refractivity contribution < 1.29 is 0 Å². The minimum atomic E-state index is 0.631. The quantitative estimate of drug-likeness (QED) is 0.806. The predicted octanol–water partition coefficient (Wildman–Crippen LogP) is 0.482. The average Bonchev–Trinajstić information content (AvgIpc) is 2.76. The fourth-order valence-corrected chi connectivity index (χ4v) is 2.19. The molecule has 16 heavy (non-hydrogen) atoms.